The molecule has 3 saturated carbocycles. The van der Waals surface area contributed by atoms with Gasteiger partial charge in [-0.25, -0.2) is 6.57 Å². The van der Waals surface area contributed by atoms with Crippen LogP contribution in [0.1, 0.15) is 46.0 Å². The van der Waals surface area contributed by atoms with Crippen molar-refractivity contribution < 1.29 is 4.79 Å². The number of nitrogens with one attached hydrogen (secondary N) is 1. The van der Waals surface area contributed by atoms with E-state index < -0.39 is 0 Å². The van der Waals surface area contributed by atoms with E-state index in [4.69, 9.17) is 6.57 Å². The Labute approximate surface area is 128 Å². The number of rotatable bonds is 4. The Morgan fingerprint density at radius 3 is 2.86 bits per heavy atom. The van der Waals surface area contributed by atoms with Crippen molar-refractivity contribution in [1.82, 2.24) is 10.2 Å². The molecule has 3 aliphatic carbocycles. The number of nitrogens with zero attached hydrogens (tertiary/aromatic N) is 2. The van der Waals surface area contributed by atoms with Crippen molar-refractivity contribution in [3.8, 4) is 0 Å². The van der Waals surface area contributed by atoms with Gasteiger partial charge in [0.25, 0.3) is 0 Å². The minimum absolute atomic E-state index is 0.107. The van der Waals surface area contributed by atoms with Crippen LogP contribution in [-0.4, -0.2) is 36.6 Å². The number of hydrogen-bond donors (Lipinski definition) is 1. The Kier molecular flexibility index (Phi) is 3.96. The van der Waals surface area contributed by atoms with Gasteiger partial charge in [-0.2, -0.15) is 0 Å². The smallest absolute Gasteiger partial charge is 0.300 e. The zero-order valence-electron chi connectivity index (χ0n) is 13.3. The second-order valence-electron chi connectivity index (χ2n) is 7.67. The second kappa shape index (κ2) is 5.61. The van der Waals surface area contributed by atoms with Gasteiger partial charge in [0.2, 0.25) is 5.91 Å². The number of carbonyl (C=O) groups is 1. The average Bonchev–Trinajstić information content (AvgIpc) is 2.95. The maximum atomic E-state index is 12.2. The van der Waals surface area contributed by atoms with Gasteiger partial charge in [0.1, 0.15) is 0 Å². The summed E-state index contributed by atoms with van der Waals surface area (Å²) in [6.07, 6.45) is 5.66. The number of amides is 1. The summed E-state index contributed by atoms with van der Waals surface area (Å²) in [6, 6.07) is 0. The van der Waals surface area contributed by atoms with Crippen molar-refractivity contribution in [1.29, 1.82) is 0 Å². The van der Waals surface area contributed by atoms with E-state index in [1.165, 1.54) is 19.3 Å². The molecule has 0 radical (unpaired) electrons. The standard InChI is InChI=1S/C17H27N3O/c1-17(2)13-7-6-12(14(17)9-13)10-19-11-16(21)20-8-4-5-15(20)18-3/h12-15,19H,4-11H2,1-2H3/t12?,13-,14-,15-/m0/s1. The van der Waals surface area contributed by atoms with E-state index in [1.54, 1.807) is 4.90 Å². The molecule has 1 heterocycles. The molecule has 4 nitrogen and oxygen atoms in total. The molecule has 0 aromatic heterocycles. The number of fused-ring (bicyclic) bond motifs is 2. The normalized spacial score (nSPS) is 36.9. The third-order valence-electron chi connectivity index (χ3n) is 6.37. The molecule has 1 aliphatic heterocycles. The maximum absolute atomic E-state index is 12.2. The summed E-state index contributed by atoms with van der Waals surface area (Å²) < 4.78 is 0. The van der Waals surface area contributed by atoms with Gasteiger partial charge >= 0.3 is 6.17 Å². The molecule has 0 aromatic carbocycles. The molecule has 1 amide bonds. The van der Waals surface area contributed by atoms with E-state index in [9.17, 15) is 4.79 Å². The molecular weight excluding hydrogens is 262 g/mol. The highest BCUT2D eigenvalue weighted by Crippen LogP contribution is 2.61. The topological polar surface area (TPSA) is 36.7 Å². The zero-order chi connectivity index (χ0) is 15.0. The summed E-state index contributed by atoms with van der Waals surface area (Å²) >= 11 is 0. The van der Waals surface area contributed by atoms with Gasteiger partial charge in [0, 0.05) is 13.0 Å². The predicted molar refractivity (Wildman–Crippen MR) is 82.3 cm³/mol. The summed E-state index contributed by atoms with van der Waals surface area (Å²) in [5.41, 5.74) is 0.513. The van der Waals surface area contributed by atoms with Gasteiger partial charge in [-0.3, -0.25) is 14.5 Å². The van der Waals surface area contributed by atoms with Crippen molar-refractivity contribution in [3.63, 3.8) is 0 Å². The van der Waals surface area contributed by atoms with Crippen LogP contribution in [0.4, 0.5) is 0 Å². The molecule has 4 rings (SSSR count). The third-order valence-corrected chi connectivity index (χ3v) is 6.37. The van der Waals surface area contributed by atoms with Crippen LogP contribution in [0.15, 0.2) is 0 Å². The molecule has 4 fully saturated rings. The lowest BCUT2D eigenvalue weighted by atomic mass is 9.45. The molecule has 116 valence electrons. The van der Waals surface area contributed by atoms with Gasteiger partial charge in [0.05, 0.1) is 6.54 Å². The SMILES string of the molecule is [C-]#[N+][C@@H]1CCCN1C(=O)CNCC1CC[C@H]2C[C@@H]1C2(C)C. The van der Waals surface area contributed by atoms with Crippen LogP contribution in [0, 0.1) is 29.7 Å². The van der Waals surface area contributed by atoms with Crippen LogP contribution in [0.3, 0.4) is 0 Å². The number of carbonyl (C=O) groups excluding carboxylic acids is 1. The van der Waals surface area contributed by atoms with E-state index in [1.807, 2.05) is 0 Å². The first-order chi connectivity index (χ1) is 10.0. The Hall–Kier alpha value is -1.08. The van der Waals surface area contributed by atoms with Crippen molar-refractivity contribution in [3.05, 3.63) is 11.4 Å². The third kappa shape index (κ3) is 2.57. The fraction of sp³-hybridized carbons (Fsp3) is 0.882. The number of hydrogen-bond acceptors (Lipinski definition) is 2. The molecule has 2 bridgehead atoms. The van der Waals surface area contributed by atoms with E-state index in [0.29, 0.717) is 12.0 Å². The fourth-order valence-electron chi connectivity index (χ4n) is 4.85. The van der Waals surface area contributed by atoms with Crippen molar-refractivity contribution >= 4 is 5.91 Å². The van der Waals surface area contributed by atoms with Crippen LogP contribution >= 0.6 is 0 Å². The van der Waals surface area contributed by atoms with E-state index >= 15 is 0 Å². The largest absolute Gasteiger partial charge is 0.308 e. The van der Waals surface area contributed by atoms with Gasteiger partial charge in [-0.05, 0) is 55.4 Å². The molecule has 1 saturated heterocycles. The molecule has 4 atom stereocenters. The Bertz CT molecular complexity index is 451. The van der Waals surface area contributed by atoms with Gasteiger partial charge < -0.3 is 5.32 Å². The highest BCUT2D eigenvalue weighted by Gasteiger charge is 2.53. The minimum Gasteiger partial charge on any atom is -0.308 e. The molecule has 4 heteroatoms. The zero-order valence-corrected chi connectivity index (χ0v) is 13.3. The number of likely N-dealkylation sites (tertiary alicyclic amines) is 1. The van der Waals surface area contributed by atoms with E-state index in [-0.39, 0.29) is 12.1 Å². The molecule has 1 N–H and O–H groups in total. The highest BCUT2D eigenvalue weighted by atomic mass is 16.2. The van der Waals surface area contributed by atoms with Crippen LogP contribution in [0.25, 0.3) is 4.85 Å². The lowest BCUT2D eigenvalue weighted by Gasteiger charge is -2.60. The Morgan fingerprint density at radius 1 is 1.38 bits per heavy atom. The van der Waals surface area contributed by atoms with Crippen LogP contribution in [0.5, 0.6) is 0 Å². The summed E-state index contributed by atoms with van der Waals surface area (Å²) in [4.78, 5) is 17.5. The molecule has 21 heavy (non-hydrogen) atoms. The molecule has 0 spiro atoms. The Morgan fingerprint density at radius 2 is 2.19 bits per heavy atom. The van der Waals surface area contributed by atoms with Crippen LogP contribution in [0.2, 0.25) is 0 Å². The van der Waals surface area contributed by atoms with Crippen LogP contribution in [-0.2, 0) is 4.79 Å². The lowest BCUT2D eigenvalue weighted by molar-refractivity contribution is -0.130. The lowest BCUT2D eigenvalue weighted by Crippen LogP contribution is -2.54. The minimum atomic E-state index is -0.208. The average molecular weight is 289 g/mol. The first-order valence-electron chi connectivity index (χ1n) is 8.40. The molecular formula is C17H27N3O. The second-order valence-corrected chi connectivity index (χ2v) is 7.67. The first kappa shape index (κ1) is 14.8. The van der Waals surface area contributed by atoms with E-state index in [0.717, 1.165) is 43.7 Å². The fourth-order valence-corrected chi connectivity index (χ4v) is 4.85. The van der Waals surface area contributed by atoms with Gasteiger partial charge in [-0.1, -0.05) is 13.8 Å². The summed E-state index contributed by atoms with van der Waals surface area (Å²) in [5.74, 6) is 2.61. The van der Waals surface area contributed by atoms with Gasteiger partial charge in [0.15, 0.2) is 0 Å². The predicted octanol–water partition coefficient (Wildman–Crippen LogP) is 2.52. The Balaban J connectivity index is 1.44. The monoisotopic (exact) mass is 289 g/mol. The maximum Gasteiger partial charge on any atom is 0.300 e. The summed E-state index contributed by atoms with van der Waals surface area (Å²) in [6.45, 7) is 14.1. The van der Waals surface area contributed by atoms with Crippen LogP contribution < -0.4 is 5.32 Å². The first-order valence-corrected chi connectivity index (χ1v) is 8.40. The van der Waals surface area contributed by atoms with Crippen molar-refractivity contribution in [2.45, 2.75) is 52.1 Å². The van der Waals surface area contributed by atoms with Gasteiger partial charge in [-0.15, -0.1) is 0 Å². The highest BCUT2D eigenvalue weighted by molar-refractivity contribution is 5.79. The molecule has 4 aliphatic rings. The summed E-state index contributed by atoms with van der Waals surface area (Å²) in [7, 11) is 0. The van der Waals surface area contributed by atoms with Crippen molar-refractivity contribution in [2.24, 2.45) is 23.2 Å². The summed E-state index contributed by atoms with van der Waals surface area (Å²) in [5, 5.41) is 3.38. The quantitative estimate of drug-likeness (QED) is 0.807. The van der Waals surface area contributed by atoms with E-state index in [2.05, 4.69) is 24.0 Å². The molecule has 0 aromatic rings. The molecule has 1 unspecified atom stereocenters. The van der Waals surface area contributed by atoms with Crippen molar-refractivity contribution in [2.75, 3.05) is 19.6 Å².